The van der Waals surface area contributed by atoms with Crippen LogP contribution in [0.4, 0.5) is 0 Å². The van der Waals surface area contributed by atoms with Crippen LogP contribution < -0.4 is 0 Å². The van der Waals surface area contributed by atoms with Crippen LogP contribution in [-0.2, 0) is 26.9 Å². The zero-order valence-corrected chi connectivity index (χ0v) is 11.3. The van der Waals surface area contributed by atoms with E-state index in [-0.39, 0.29) is 35.0 Å². The number of carbonyl (C=O) groups is 1. The normalized spacial score (nSPS) is 14.3. The Kier molecular flexibility index (Phi) is 8.05. The molecule has 0 heterocycles. The van der Waals surface area contributed by atoms with Gasteiger partial charge in [0.1, 0.15) is 11.9 Å². The van der Waals surface area contributed by atoms with Gasteiger partial charge in [-0.05, 0) is 6.42 Å². The molecule has 0 saturated heterocycles. The monoisotopic (exact) mass is 252 g/mol. The molecular formula is C11H20CrO3. The summed E-state index contributed by atoms with van der Waals surface area (Å²) in [6, 6.07) is 0. The smallest absolute Gasteiger partial charge is 0.164 e. The predicted octanol–water partition coefficient (Wildman–Crippen LogP) is 2.47. The molecule has 0 bridgehead atoms. The topological polar surface area (TPSA) is 46.5 Å². The fourth-order valence-corrected chi connectivity index (χ4v) is 0.940. The second kappa shape index (κ2) is 7.06. The van der Waals surface area contributed by atoms with Gasteiger partial charge in [0, 0.05) is 36.0 Å². The molecule has 0 aliphatic heterocycles. The number of carbonyl (C=O) groups excluding carboxylic acids is 1. The van der Waals surface area contributed by atoms with E-state index in [0.29, 0.717) is 6.42 Å². The van der Waals surface area contributed by atoms with Crippen LogP contribution in [0.1, 0.15) is 34.1 Å². The first-order chi connectivity index (χ1) is 6.32. The van der Waals surface area contributed by atoms with E-state index in [1.54, 1.807) is 0 Å². The molecule has 0 saturated carbocycles. The third kappa shape index (κ3) is 5.99. The molecule has 88 valence electrons. The number of aliphatic hydroxyl groups is 1. The second-order valence-electron chi connectivity index (χ2n) is 4.32. The molecule has 0 aromatic heterocycles. The fraction of sp³-hybridized carbons (Fsp3) is 0.727. The molecule has 0 aromatic rings. The van der Waals surface area contributed by atoms with Crippen LogP contribution in [-0.4, -0.2) is 24.1 Å². The van der Waals surface area contributed by atoms with E-state index in [0.717, 1.165) is 0 Å². The maximum absolute atomic E-state index is 11.5. The van der Waals surface area contributed by atoms with Gasteiger partial charge in [0.25, 0.3) is 0 Å². The van der Waals surface area contributed by atoms with Crippen molar-refractivity contribution in [3.8, 4) is 0 Å². The summed E-state index contributed by atoms with van der Waals surface area (Å²) in [7, 11) is 1.51. The minimum atomic E-state index is -0.458. The first-order valence-corrected chi connectivity index (χ1v) is 4.80. The average Bonchev–Trinajstić information content (AvgIpc) is 2.04. The Morgan fingerprint density at radius 2 is 1.93 bits per heavy atom. The van der Waals surface area contributed by atoms with E-state index in [4.69, 9.17) is 4.74 Å². The van der Waals surface area contributed by atoms with Crippen molar-refractivity contribution in [2.75, 3.05) is 7.11 Å². The molecule has 1 atom stereocenters. The van der Waals surface area contributed by atoms with Gasteiger partial charge in [-0.3, -0.25) is 4.79 Å². The number of aliphatic hydroxyl groups excluding tert-OH is 1. The third-order valence-electron chi connectivity index (χ3n) is 2.00. The summed E-state index contributed by atoms with van der Waals surface area (Å²) in [6.45, 7) is 7.33. The van der Waals surface area contributed by atoms with Gasteiger partial charge in [-0.1, -0.05) is 27.7 Å². The Morgan fingerprint density at radius 1 is 1.47 bits per heavy atom. The standard InChI is InChI=1S/C11H20O3.Cr/c1-6-9(14-5)8(12)7-10(13)11(2,3)4;/h7,9,12H,6H2,1-5H3;/b8-7-;. The van der Waals surface area contributed by atoms with Crippen molar-refractivity contribution in [3.63, 3.8) is 0 Å². The van der Waals surface area contributed by atoms with Gasteiger partial charge in [-0.15, -0.1) is 0 Å². The van der Waals surface area contributed by atoms with E-state index in [1.165, 1.54) is 13.2 Å². The summed E-state index contributed by atoms with van der Waals surface area (Å²) in [4.78, 5) is 11.5. The molecule has 0 fully saturated rings. The minimum Gasteiger partial charge on any atom is -0.509 e. The number of ether oxygens (including phenoxy) is 1. The third-order valence-corrected chi connectivity index (χ3v) is 2.00. The Morgan fingerprint density at radius 3 is 2.20 bits per heavy atom. The molecule has 0 aliphatic rings. The van der Waals surface area contributed by atoms with E-state index in [1.807, 2.05) is 27.7 Å². The minimum absolute atomic E-state index is 0. The fourth-order valence-electron chi connectivity index (χ4n) is 0.940. The van der Waals surface area contributed by atoms with Gasteiger partial charge in [0.05, 0.1) is 0 Å². The number of ketones is 1. The van der Waals surface area contributed by atoms with E-state index >= 15 is 0 Å². The van der Waals surface area contributed by atoms with Crippen LogP contribution in [0, 0.1) is 5.41 Å². The van der Waals surface area contributed by atoms with Crippen molar-refractivity contribution in [1.29, 1.82) is 0 Å². The maximum Gasteiger partial charge on any atom is 0.164 e. The van der Waals surface area contributed by atoms with Crippen LogP contribution in [0.3, 0.4) is 0 Å². The predicted molar refractivity (Wildman–Crippen MR) is 56.3 cm³/mol. The molecule has 1 unspecified atom stereocenters. The second-order valence-corrected chi connectivity index (χ2v) is 4.32. The largest absolute Gasteiger partial charge is 0.509 e. The first-order valence-electron chi connectivity index (χ1n) is 4.80. The molecule has 0 aromatic carbocycles. The van der Waals surface area contributed by atoms with E-state index < -0.39 is 5.41 Å². The molecule has 0 aliphatic carbocycles. The molecule has 0 radical (unpaired) electrons. The summed E-state index contributed by atoms with van der Waals surface area (Å²) in [5, 5.41) is 9.56. The molecule has 15 heavy (non-hydrogen) atoms. The van der Waals surface area contributed by atoms with Crippen LogP contribution in [0.2, 0.25) is 0 Å². The molecule has 3 nitrogen and oxygen atoms in total. The van der Waals surface area contributed by atoms with Gasteiger partial charge >= 0.3 is 0 Å². The van der Waals surface area contributed by atoms with Gasteiger partial charge in [-0.2, -0.15) is 0 Å². The zero-order valence-electron chi connectivity index (χ0n) is 10.0. The SMILES string of the molecule is CCC(OC)/C(O)=C/C(=O)C(C)(C)C.[Cr]. The number of methoxy groups -OCH3 is 1. The van der Waals surface area contributed by atoms with Crippen LogP contribution in [0.5, 0.6) is 0 Å². The zero-order chi connectivity index (χ0) is 11.4. The van der Waals surface area contributed by atoms with Crippen molar-refractivity contribution in [3.05, 3.63) is 11.8 Å². The van der Waals surface area contributed by atoms with Crippen LogP contribution in [0.25, 0.3) is 0 Å². The molecule has 1 N–H and O–H groups in total. The Labute approximate surface area is 103 Å². The summed E-state index contributed by atoms with van der Waals surface area (Å²) in [6.07, 6.45) is 1.54. The van der Waals surface area contributed by atoms with Crippen molar-refractivity contribution in [1.82, 2.24) is 0 Å². The van der Waals surface area contributed by atoms with Gasteiger partial charge in [-0.25, -0.2) is 0 Å². The number of allylic oxidation sites excluding steroid dienone is 1. The summed E-state index contributed by atoms with van der Waals surface area (Å²) in [5.74, 6) is -0.0829. The summed E-state index contributed by atoms with van der Waals surface area (Å²) < 4.78 is 5.00. The maximum atomic E-state index is 11.5. The molecule has 0 spiro atoms. The molecule has 4 heteroatoms. The van der Waals surface area contributed by atoms with Crippen molar-refractivity contribution in [2.45, 2.75) is 40.2 Å². The summed E-state index contributed by atoms with van der Waals surface area (Å²) >= 11 is 0. The summed E-state index contributed by atoms with van der Waals surface area (Å²) in [5.41, 5.74) is -0.458. The number of rotatable bonds is 4. The molecule has 0 rings (SSSR count). The Hall–Kier alpha value is -0.298. The van der Waals surface area contributed by atoms with Crippen molar-refractivity contribution in [2.24, 2.45) is 5.41 Å². The van der Waals surface area contributed by atoms with Crippen molar-refractivity contribution < 1.29 is 32.0 Å². The van der Waals surface area contributed by atoms with Gasteiger partial charge in [0.2, 0.25) is 0 Å². The quantitative estimate of drug-likeness (QED) is 0.617. The number of hydrogen-bond donors (Lipinski definition) is 1. The van der Waals surface area contributed by atoms with Crippen LogP contribution >= 0.6 is 0 Å². The van der Waals surface area contributed by atoms with E-state index in [2.05, 4.69) is 0 Å². The molecule has 0 amide bonds. The van der Waals surface area contributed by atoms with Crippen LogP contribution in [0.15, 0.2) is 11.8 Å². The van der Waals surface area contributed by atoms with Gasteiger partial charge < -0.3 is 9.84 Å². The molecular weight excluding hydrogens is 232 g/mol. The average molecular weight is 252 g/mol. The van der Waals surface area contributed by atoms with Gasteiger partial charge in [0.15, 0.2) is 5.78 Å². The van der Waals surface area contributed by atoms with E-state index in [9.17, 15) is 9.90 Å². The Bertz CT molecular complexity index is 224. The first kappa shape index (κ1) is 17.1. The number of hydrogen-bond acceptors (Lipinski definition) is 3. The van der Waals surface area contributed by atoms with Crippen molar-refractivity contribution >= 4 is 5.78 Å². The Balaban J connectivity index is 0.